The highest BCUT2D eigenvalue weighted by Gasteiger charge is 2.13. The van der Waals surface area contributed by atoms with E-state index in [0.717, 1.165) is 0 Å². The monoisotopic (exact) mass is 286 g/mol. The van der Waals surface area contributed by atoms with Gasteiger partial charge in [-0.1, -0.05) is 0 Å². The lowest BCUT2D eigenvalue weighted by Gasteiger charge is -2.08. The molecule has 0 unspecified atom stereocenters. The van der Waals surface area contributed by atoms with Crippen molar-refractivity contribution >= 4 is 17.6 Å². The number of hydrogen-bond acceptors (Lipinski definition) is 5. The van der Waals surface area contributed by atoms with E-state index in [1.807, 2.05) is 0 Å². The second-order valence-electron chi connectivity index (χ2n) is 3.72. The van der Waals surface area contributed by atoms with Gasteiger partial charge in [-0.25, -0.2) is 0 Å². The number of methoxy groups -OCH3 is 2. The van der Waals surface area contributed by atoms with Crippen LogP contribution >= 0.6 is 11.6 Å². The summed E-state index contributed by atoms with van der Waals surface area (Å²) in [5.74, 6) is 0.222. The lowest BCUT2D eigenvalue weighted by atomic mass is 10.2. The molecule has 0 radical (unpaired) electrons. The minimum Gasteiger partial charge on any atom is -0.496 e. The van der Waals surface area contributed by atoms with Crippen LogP contribution in [0.25, 0.3) is 0 Å². The van der Waals surface area contributed by atoms with Gasteiger partial charge < -0.3 is 14.2 Å². The van der Waals surface area contributed by atoms with Gasteiger partial charge in [0.05, 0.1) is 20.1 Å². The maximum absolute atomic E-state index is 11.8. The fraction of sp³-hybridized carbons (Fsp3) is 0.385. The summed E-state index contributed by atoms with van der Waals surface area (Å²) in [6, 6.07) is 2.84. The van der Waals surface area contributed by atoms with Crippen molar-refractivity contribution in [3.8, 4) is 11.5 Å². The third-order valence-corrected chi connectivity index (χ3v) is 2.72. The molecule has 0 aliphatic carbocycles. The van der Waals surface area contributed by atoms with Crippen molar-refractivity contribution < 1.29 is 19.0 Å². The summed E-state index contributed by atoms with van der Waals surface area (Å²) in [6.07, 6.45) is 0. The van der Waals surface area contributed by atoms with Crippen LogP contribution in [0.5, 0.6) is 11.5 Å². The third-order valence-electron chi connectivity index (χ3n) is 2.44. The molecule has 0 atom stereocenters. The molecule has 104 valence electrons. The summed E-state index contributed by atoms with van der Waals surface area (Å²) in [5, 5.41) is 0. The molecule has 0 aromatic heterocycles. The topological polar surface area (TPSA) is 61.8 Å². The Hall–Kier alpha value is -1.75. The fourth-order valence-corrected chi connectivity index (χ4v) is 1.80. The van der Waals surface area contributed by atoms with Crippen molar-refractivity contribution in [1.29, 1.82) is 0 Å². The smallest absolute Gasteiger partial charge is 0.302 e. The van der Waals surface area contributed by atoms with Crippen LogP contribution in [-0.2, 0) is 22.0 Å². The molecule has 0 N–H and O–H groups in total. The Labute approximate surface area is 116 Å². The Kier molecular flexibility index (Phi) is 5.63. The van der Waals surface area contributed by atoms with Crippen LogP contribution in [-0.4, -0.2) is 20.2 Å². The summed E-state index contributed by atoms with van der Waals surface area (Å²) in [7, 11) is 2.85. The van der Waals surface area contributed by atoms with Crippen molar-refractivity contribution in [2.75, 3.05) is 14.2 Å². The van der Waals surface area contributed by atoms with Crippen molar-refractivity contribution in [3.63, 3.8) is 0 Å². The first-order valence-corrected chi connectivity index (χ1v) is 6.04. The summed E-state index contributed by atoms with van der Waals surface area (Å²) < 4.78 is 15.2. The summed E-state index contributed by atoms with van der Waals surface area (Å²) in [5.41, 5.74) is 0.720. The van der Waals surface area contributed by atoms with Crippen molar-refractivity contribution in [3.05, 3.63) is 33.5 Å². The van der Waals surface area contributed by atoms with E-state index in [9.17, 15) is 9.59 Å². The predicted molar refractivity (Wildman–Crippen MR) is 70.8 cm³/mol. The Morgan fingerprint density at radius 3 is 2.37 bits per heavy atom. The molecule has 0 fully saturated rings. The minimum atomic E-state index is -0.428. The highest BCUT2D eigenvalue weighted by Crippen LogP contribution is 2.26. The van der Waals surface area contributed by atoms with Gasteiger partial charge in [-0.05, 0) is 12.1 Å². The molecule has 19 heavy (non-hydrogen) atoms. The number of rotatable bonds is 5. The largest absolute Gasteiger partial charge is 0.496 e. The standard InChI is InChI=1S/C13H15ClO5/c1-8(15)19-7-10-5-12(17-2)11(16)4-9(6-14)13(10)18-3/h4-5H,6-7H2,1-3H3. The quantitative estimate of drug-likeness (QED) is 0.611. The summed E-state index contributed by atoms with van der Waals surface area (Å²) >= 11 is 5.80. The number of hydrogen-bond donors (Lipinski definition) is 0. The van der Waals surface area contributed by atoms with E-state index in [1.165, 1.54) is 33.3 Å². The van der Waals surface area contributed by atoms with Gasteiger partial charge in [0.2, 0.25) is 5.43 Å². The van der Waals surface area contributed by atoms with Gasteiger partial charge in [0.25, 0.3) is 0 Å². The van der Waals surface area contributed by atoms with Crippen LogP contribution < -0.4 is 14.9 Å². The molecule has 1 aromatic carbocycles. The molecule has 0 spiro atoms. The van der Waals surface area contributed by atoms with E-state index < -0.39 is 5.97 Å². The van der Waals surface area contributed by atoms with E-state index in [-0.39, 0.29) is 23.7 Å². The summed E-state index contributed by atoms with van der Waals surface area (Å²) in [4.78, 5) is 22.7. The second-order valence-corrected chi connectivity index (χ2v) is 3.99. The molecule has 0 amide bonds. The average molecular weight is 287 g/mol. The van der Waals surface area contributed by atoms with Crippen LogP contribution in [0.4, 0.5) is 0 Å². The van der Waals surface area contributed by atoms with Gasteiger partial charge in [0.1, 0.15) is 12.4 Å². The van der Waals surface area contributed by atoms with Gasteiger partial charge in [0, 0.05) is 18.1 Å². The normalized spacial score (nSPS) is 9.89. The summed E-state index contributed by atoms with van der Waals surface area (Å²) in [6.45, 7) is 1.28. The van der Waals surface area contributed by atoms with E-state index in [2.05, 4.69) is 0 Å². The molecule has 1 aromatic rings. The van der Waals surface area contributed by atoms with Crippen LogP contribution in [0.15, 0.2) is 16.9 Å². The first kappa shape index (κ1) is 15.3. The van der Waals surface area contributed by atoms with Crippen molar-refractivity contribution in [2.45, 2.75) is 19.4 Å². The van der Waals surface area contributed by atoms with Gasteiger partial charge in [-0.15, -0.1) is 11.6 Å². The molecule has 0 bridgehead atoms. The molecule has 1 rings (SSSR count). The molecule has 0 heterocycles. The van der Waals surface area contributed by atoms with Gasteiger partial charge >= 0.3 is 5.97 Å². The number of carbonyl (C=O) groups excluding carboxylic acids is 1. The highest BCUT2D eigenvalue weighted by atomic mass is 35.5. The lowest BCUT2D eigenvalue weighted by molar-refractivity contribution is -0.142. The van der Waals surface area contributed by atoms with Crippen LogP contribution in [0, 0.1) is 0 Å². The van der Waals surface area contributed by atoms with Gasteiger partial charge in [-0.3, -0.25) is 9.59 Å². The molecule has 0 saturated heterocycles. The molecule has 5 nitrogen and oxygen atoms in total. The zero-order valence-electron chi connectivity index (χ0n) is 11.0. The first-order chi connectivity index (χ1) is 9.03. The minimum absolute atomic E-state index is 0.0210. The lowest BCUT2D eigenvalue weighted by Crippen LogP contribution is -2.01. The van der Waals surface area contributed by atoms with Crippen LogP contribution in [0.3, 0.4) is 0 Å². The Morgan fingerprint density at radius 2 is 1.89 bits per heavy atom. The molecule has 6 heteroatoms. The molecule has 0 aliphatic heterocycles. The van der Waals surface area contributed by atoms with E-state index in [4.69, 9.17) is 25.8 Å². The highest BCUT2D eigenvalue weighted by molar-refractivity contribution is 6.17. The number of carbonyl (C=O) groups is 1. The number of halogens is 1. The number of ether oxygens (including phenoxy) is 3. The maximum atomic E-state index is 11.8. The van der Waals surface area contributed by atoms with E-state index in [0.29, 0.717) is 16.9 Å². The van der Waals surface area contributed by atoms with E-state index >= 15 is 0 Å². The Morgan fingerprint density at radius 1 is 1.21 bits per heavy atom. The van der Waals surface area contributed by atoms with Crippen molar-refractivity contribution in [2.24, 2.45) is 0 Å². The molecular weight excluding hydrogens is 272 g/mol. The molecule has 0 saturated carbocycles. The molecular formula is C13H15ClO5. The Bertz CT molecular complexity index is 527. The first-order valence-electron chi connectivity index (χ1n) is 5.50. The predicted octanol–water partition coefficient (Wildman–Crippen LogP) is 1.87. The van der Waals surface area contributed by atoms with Crippen LogP contribution in [0.1, 0.15) is 18.1 Å². The average Bonchev–Trinajstić information content (AvgIpc) is 2.52. The SMILES string of the molecule is COc1c(CCl)cc(=O)c(OC)cc1COC(C)=O. The third kappa shape index (κ3) is 3.86. The Balaban J connectivity index is 3.44. The van der Waals surface area contributed by atoms with Crippen LogP contribution in [0.2, 0.25) is 0 Å². The second kappa shape index (κ2) is 6.99. The fourth-order valence-electron chi connectivity index (χ4n) is 1.60. The number of esters is 1. The van der Waals surface area contributed by atoms with Gasteiger partial charge in [-0.2, -0.15) is 0 Å². The molecule has 0 aliphatic rings. The zero-order valence-corrected chi connectivity index (χ0v) is 11.7. The number of alkyl halides is 1. The van der Waals surface area contributed by atoms with Crippen molar-refractivity contribution in [1.82, 2.24) is 0 Å². The maximum Gasteiger partial charge on any atom is 0.302 e. The van der Waals surface area contributed by atoms with E-state index in [1.54, 1.807) is 0 Å². The van der Waals surface area contributed by atoms with Gasteiger partial charge in [0.15, 0.2) is 5.75 Å². The zero-order chi connectivity index (χ0) is 14.4.